The van der Waals surface area contributed by atoms with Crippen LogP contribution in [0.4, 0.5) is 0 Å². The van der Waals surface area contributed by atoms with Crippen LogP contribution in [0.3, 0.4) is 0 Å². The molecule has 0 aliphatic carbocycles. The second kappa shape index (κ2) is 8.59. The number of hydrogen-bond donors (Lipinski definition) is 0. The molecule has 0 aromatic heterocycles. The van der Waals surface area contributed by atoms with Crippen molar-refractivity contribution in [2.45, 2.75) is 9.34 Å². The summed E-state index contributed by atoms with van der Waals surface area (Å²) in [4.78, 5) is 13.1. The molecule has 24 heavy (non-hydrogen) atoms. The van der Waals surface area contributed by atoms with Crippen molar-refractivity contribution >= 4 is 14.0 Å². The number of carbonyl (C=O) groups excluding carboxylic acids is 1. The van der Waals surface area contributed by atoms with Gasteiger partial charge in [0.15, 0.2) is 0 Å². The van der Waals surface area contributed by atoms with E-state index in [0.29, 0.717) is 0 Å². The second-order valence-electron chi connectivity index (χ2n) is 5.79. The maximum absolute atomic E-state index is 13.1. The molecule has 116 valence electrons. The first-order chi connectivity index (χ1) is 11.8. The van der Waals surface area contributed by atoms with E-state index in [9.17, 15) is 4.79 Å². The summed E-state index contributed by atoms with van der Waals surface area (Å²) >= 11 is -1.89. The van der Waals surface area contributed by atoms with Gasteiger partial charge in [-0.05, 0) is 0 Å². The summed E-state index contributed by atoms with van der Waals surface area (Å²) < 4.78 is -0.0844. The van der Waals surface area contributed by atoms with E-state index in [4.69, 9.17) is 8.25 Å². The molecule has 0 amide bonds. The molecule has 3 rings (SSSR count). The third-order valence-electron chi connectivity index (χ3n) is 4.28. The number of Topliss-reactive ketones (excluding diaryl/α,β-unsaturated/α-hetero) is 1. The van der Waals surface area contributed by atoms with Crippen molar-refractivity contribution in [3.8, 4) is 0 Å². The van der Waals surface area contributed by atoms with E-state index in [1.165, 1.54) is 11.1 Å². The average molecular weight is 521 g/mol. The molecule has 1 nitrogen and oxygen atoms in total. The fourth-order valence-electron chi connectivity index (χ4n) is 3.10. The summed E-state index contributed by atoms with van der Waals surface area (Å²) in [5.41, 5.74) is 3.09. The zero-order valence-corrected chi connectivity index (χ0v) is 19.6. The van der Waals surface area contributed by atoms with Crippen LogP contribution < -0.4 is 0 Å². The zero-order chi connectivity index (χ0) is 16.8. The molecule has 0 bridgehead atoms. The van der Waals surface area contributed by atoms with Crippen LogP contribution in [0.25, 0.3) is 0 Å². The fraction of sp³-hybridized carbons (Fsp3) is 0.0952. The predicted octanol–water partition coefficient (Wildman–Crippen LogP) is 5.73. The minimum atomic E-state index is -1.89. The topological polar surface area (TPSA) is 17.1 Å². The van der Waals surface area contributed by atoms with Gasteiger partial charge in [0.2, 0.25) is 0 Å². The molecule has 3 aromatic rings. The Bertz CT molecular complexity index is 735. The first-order valence-corrected chi connectivity index (χ1v) is 18.0. The van der Waals surface area contributed by atoms with Crippen LogP contribution in [0.2, 0.25) is 3.43 Å². The summed E-state index contributed by atoms with van der Waals surface area (Å²) in [7, 11) is 6.51. The minimum absolute atomic E-state index is 0.0410. The van der Waals surface area contributed by atoms with Gasteiger partial charge in [-0.1, -0.05) is 0 Å². The number of benzene rings is 3. The second-order valence-corrected chi connectivity index (χ2v) is 13.1. The zero-order valence-electron chi connectivity index (χ0n) is 13.3. The van der Waals surface area contributed by atoms with Gasteiger partial charge in [-0.15, -0.1) is 0 Å². The molecule has 0 saturated heterocycles. The van der Waals surface area contributed by atoms with E-state index < -0.39 is 23.3 Å². The van der Waals surface area contributed by atoms with Crippen LogP contribution in [0.5, 0.6) is 0 Å². The van der Waals surface area contributed by atoms with Gasteiger partial charge in [-0.2, -0.15) is 0 Å². The molecule has 0 aliphatic rings. The van der Waals surface area contributed by atoms with Gasteiger partial charge < -0.3 is 0 Å². The number of rotatable bonds is 6. The standard InChI is InChI=1S/C21H17O.ClH.Hg/c22-21(19-14-8-3-9-15-19)16-20(17-10-4-1-5-11-17)18-12-6-2-7-13-18;;/h1-16,20H;1H;/q;;+1/p-1. The molecule has 0 radical (unpaired) electrons. The van der Waals surface area contributed by atoms with E-state index in [-0.39, 0.29) is 15.1 Å². The van der Waals surface area contributed by atoms with Crippen molar-refractivity contribution < 1.29 is 28.1 Å². The first-order valence-electron chi connectivity index (χ1n) is 8.06. The van der Waals surface area contributed by atoms with Gasteiger partial charge in [0.25, 0.3) is 0 Å². The van der Waals surface area contributed by atoms with E-state index in [0.717, 1.165) is 5.56 Å². The fourth-order valence-corrected chi connectivity index (χ4v) is 10.2. The van der Waals surface area contributed by atoms with Crippen molar-refractivity contribution in [2.75, 3.05) is 0 Å². The average Bonchev–Trinajstić information content (AvgIpc) is 2.67. The third-order valence-corrected chi connectivity index (χ3v) is 11.8. The Labute approximate surface area is 158 Å². The van der Waals surface area contributed by atoms with Crippen LogP contribution in [0.15, 0.2) is 91.0 Å². The van der Waals surface area contributed by atoms with E-state index in [1.54, 1.807) is 0 Å². The molecule has 0 unspecified atom stereocenters. The number of ketones is 1. The van der Waals surface area contributed by atoms with E-state index in [2.05, 4.69) is 24.3 Å². The molecule has 3 aromatic carbocycles. The molecule has 0 fully saturated rings. The Hall–Kier alpha value is -1.44. The quantitative estimate of drug-likeness (QED) is 0.299. The van der Waals surface area contributed by atoms with Gasteiger partial charge in [0.1, 0.15) is 0 Å². The predicted molar refractivity (Wildman–Crippen MR) is 95.1 cm³/mol. The molecule has 0 saturated carbocycles. The van der Waals surface area contributed by atoms with E-state index in [1.807, 2.05) is 66.7 Å². The normalized spacial score (nSPS) is 11.8. The Morgan fingerprint density at radius 2 is 1.12 bits per heavy atom. The SMILES string of the molecule is O=C(c1ccccc1)[C@H]([Hg][Cl])C(c1ccccc1)c1ccccc1. The molecular formula is C21H17ClHgO. The van der Waals surface area contributed by atoms with Crippen LogP contribution >= 0.6 is 8.25 Å². The van der Waals surface area contributed by atoms with Crippen molar-refractivity contribution in [3.05, 3.63) is 108 Å². The van der Waals surface area contributed by atoms with Gasteiger partial charge in [-0.3, -0.25) is 0 Å². The molecule has 0 spiro atoms. The Balaban J connectivity index is 2.05. The Morgan fingerprint density at radius 1 is 0.708 bits per heavy atom. The Kier molecular flexibility index (Phi) is 6.22. The van der Waals surface area contributed by atoms with Gasteiger partial charge in [0.05, 0.1) is 0 Å². The van der Waals surface area contributed by atoms with Crippen molar-refractivity contribution in [3.63, 3.8) is 0 Å². The molecular weight excluding hydrogens is 504 g/mol. The van der Waals surface area contributed by atoms with Gasteiger partial charge in [0, 0.05) is 0 Å². The van der Waals surface area contributed by atoms with Crippen LogP contribution in [0, 0.1) is 0 Å². The van der Waals surface area contributed by atoms with Crippen molar-refractivity contribution in [1.82, 2.24) is 0 Å². The summed E-state index contributed by atoms with van der Waals surface area (Å²) in [5.74, 6) is 0.226. The molecule has 0 heterocycles. The summed E-state index contributed by atoms with van der Waals surface area (Å²) in [6, 6.07) is 30.1. The first kappa shape index (κ1) is 17.4. The molecule has 1 atom stereocenters. The number of halogens is 1. The van der Waals surface area contributed by atoms with Crippen molar-refractivity contribution in [1.29, 1.82) is 0 Å². The van der Waals surface area contributed by atoms with Crippen molar-refractivity contribution in [2.24, 2.45) is 0 Å². The summed E-state index contributed by atoms with van der Waals surface area (Å²) in [5, 5.41) is 0. The third kappa shape index (κ3) is 3.96. The van der Waals surface area contributed by atoms with Crippen LogP contribution in [-0.2, 0) is 23.3 Å². The molecule has 3 heteroatoms. The monoisotopic (exact) mass is 522 g/mol. The van der Waals surface area contributed by atoms with Gasteiger partial charge >= 0.3 is 159 Å². The Morgan fingerprint density at radius 3 is 1.54 bits per heavy atom. The van der Waals surface area contributed by atoms with Gasteiger partial charge in [-0.25, -0.2) is 0 Å². The van der Waals surface area contributed by atoms with Crippen LogP contribution in [0.1, 0.15) is 27.4 Å². The number of hydrogen-bond acceptors (Lipinski definition) is 1. The van der Waals surface area contributed by atoms with E-state index >= 15 is 0 Å². The molecule has 0 aliphatic heterocycles. The maximum atomic E-state index is 13.1. The summed E-state index contributed by atoms with van der Waals surface area (Å²) in [6.45, 7) is 0. The molecule has 0 N–H and O–H groups in total. The number of carbonyl (C=O) groups is 1. The summed E-state index contributed by atoms with van der Waals surface area (Å²) in [6.07, 6.45) is 0. The van der Waals surface area contributed by atoms with Crippen LogP contribution in [-0.4, -0.2) is 5.78 Å².